The molecule has 0 bridgehead atoms. The Morgan fingerprint density at radius 2 is 1.32 bits per heavy atom. The highest BCUT2D eigenvalue weighted by atomic mass is 14.3. The first kappa shape index (κ1) is 12.9. The van der Waals surface area contributed by atoms with E-state index in [0.717, 1.165) is 11.1 Å². The first-order valence-corrected chi connectivity index (χ1v) is 6.23. The van der Waals surface area contributed by atoms with Crippen LogP contribution in [0.15, 0.2) is 60.7 Å². The fourth-order valence-electron chi connectivity index (χ4n) is 2.28. The average Bonchev–Trinajstić information content (AvgIpc) is 2.49. The van der Waals surface area contributed by atoms with Crippen molar-refractivity contribution in [1.82, 2.24) is 0 Å². The lowest BCUT2D eigenvalue weighted by atomic mass is 9.80. The maximum absolute atomic E-state index is 9.48. The van der Waals surface area contributed by atoms with Crippen LogP contribution in [0.5, 0.6) is 0 Å². The predicted octanol–water partition coefficient (Wildman–Crippen LogP) is 3.99. The summed E-state index contributed by atoms with van der Waals surface area (Å²) in [5, 5.41) is 18.5. The Labute approximate surface area is 113 Å². The van der Waals surface area contributed by atoms with Gasteiger partial charge < -0.3 is 0 Å². The van der Waals surface area contributed by atoms with Crippen molar-refractivity contribution in [3.63, 3.8) is 0 Å². The van der Waals surface area contributed by atoms with Gasteiger partial charge in [-0.2, -0.15) is 10.5 Å². The smallest absolute Gasteiger partial charge is 0.0791 e. The summed E-state index contributed by atoms with van der Waals surface area (Å²) >= 11 is 0. The van der Waals surface area contributed by atoms with Gasteiger partial charge >= 0.3 is 0 Å². The molecule has 0 aliphatic heterocycles. The molecule has 0 radical (unpaired) electrons. The summed E-state index contributed by atoms with van der Waals surface area (Å²) in [5.74, 6) is -0.373. The Balaban J connectivity index is 2.39. The minimum atomic E-state index is -0.289. The second kappa shape index (κ2) is 6.38. The van der Waals surface area contributed by atoms with Gasteiger partial charge in [-0.25, -0.2) is 0 Å². The molecule has 0 saturated heterocycles. The van der Waals surface area contributed by atoms with Crippen LogP contribution < -0.4 is 0 Å². The van der Waals surface area contributed by atoms with E-state index in [1.807, 2.05) is 60.7 Å². The van der Waals surface area contributed by atoms with Crippen LogP contribution in [0, 0.1) is 22.7 Å². The minimum absolute atomic E-state index is 0.0846. The monoisotopic (exact) mass is 246 g/mol. The van der Waals surface area contributed by atoms with Gasteiger partial charge in [0.25, 0.3) is 0 Å². The van der Waals surface area contributed by atoms with Crippen molar-refractivity contribution < 1.29 is 0 Å². The van der Waals surface area contributed by atoms with Gasteiger partial charge in [-0.15, -0.1) is 0 Å². The summed E-state index contributed by atoms with van der Waals surface area (Å²) in [6.07, 6.45) is 0.344. The number of nitriles is 2. The molecule has 0 heterocycles. The van der Waals surface area contributed by atoms with Crippen molar-refractivity contribution >= 4 is 0 Å². The fourth-order valence-corrected chi connectivity index (χ4v) is 2.28. The third kappa shape index (κ3) is 3.00. The highest BCUT2D eigenvalue weighted by molar-refractivity contribution is 5.33. The van der Waals surface area contributed by atoms with Crippen molar-refractivity contribution in [2.45, 2.75) is 18.3 Å². The maximum atomic E-state index is 9.48. The van der Waals surface area contributed by atoms with E-state index in [4.69, 9.17) is 5.26 Å². The van der Waals surface area contributed by atoms with E-state index in [1.54, 1.807) is 0 Å². The summed E-state index contributed by atoms with van der Waals surface area (Å²) in [4.78, 5) is 0. The van der Waals surface area contributed by atoms with Crippen molar-refractivity contribution in [1.29, 1.82) is 10.5 Å². The fraction of sp³-hybridized carbons (Fsp3) is 0.176. The molecule has 0 spiro atoms. The molecule has 2 heteroatoms. The zero-order valence-electron chi connectivity index (χ0n) is 10.5. The molecule has 92 valence electrons. The molecule has 0 aliphatic rings. The molecule has 0 unspecified atom stereocenters. The molecule has 2 atom stereocenters. The van der Waals surface area contributed by atoms with Crippen molar-refractivity contribution in [2.24, 2.45) is 0 Å². The van der Waals surface area contributed by atoms with E-state index in [9.17, 15) is 5.26 Å². The third-order valence-electron chi connectivity index (χ3n) is 3.24. The van der Waals surface area contributed by atoms with E-state index in [2.05, 4.69) is 12.1 Å². The zero-order valence-corrected chi connectivity index (χ0v) is 10.5. The summed E-state index contributed by atoms with van der Waals surface area (Å²) in [6, 6.07) is 24.0. The summed E-state index contributed by atoms with van der Waals surface area (Å²) in [5.41, 5.74) is 2.01. The van der Waals surface area contributed by atoms with Crippen LogP contribution in [0.4, 0.5) is 0 Å². The first-order valence-electron chi connectivity index (χ1n) is 6.23. The molecule has 2 aromatic rings. The molecule has 19 heavy (non-hydrogen) atoms. The SMILES string of the molecule is N#CC[C@@H](c1ccccc1)[C@H](C#N)c1ccccc1. The molecule has 2 aromatic carbocycles. The lowest BCUT2D eigenvalue weighted by Crippen LogP contribution is -2.09. The molecule has 0 N–H and O–H groups in total. The Hall–Kier alpha value is -2.58. The lowest BCUT2D eigenvalue weighted by Gasteiger charge is -2.20. The van der Waals surface area contributed by atoms with E-state index in [1.165, 1.54) is 0 Å². The van der Waals surface area contributed by atoms with Crippen molar-refractivity contribution in [2.75, 3.05) is 0 Å². The summed E-state index contributed by atoms with van der Waals surface area (Å²) in [7, 11) is 0. The van der Waals surface area contributed by atoms with E-state index in [-0.39, 0.29) is 11.8 Å². The lowest BCUT2D eigenvalue weighted by molar-refractivity contribution is 0.641. The van der Waals surface area contributed by atoms with Crippen LogP contribution in [-0.2, 0) is 0 Å². The second-order valence-electron chi connectivity index (χ2n) is 4.40. The highest BCUT2D eigenvalue weighted by Gasteiger charge is 2.24. The Morgan fingerprint density at radius 1 is 0.789 bits per heavy atom. The molecule has 2 nitrogen and oxygen atoms in total. The van der Waals surface area contributed by atoms with Crippen molar-refractivity contribution in [3.8, 4) is 12.1 Å². The van der Waals surface area contributed by atoms with Crippen molar-refractivity contribution in [3.05, 3.63) is 71.8 Å². The Kier molecular flexibility index (Phi) is 4.32. The predicted molar refractivity (Wildman–Crippen MR) is 74.2 cm³/mol. The van der Waals surface area contributed by atoms with Crippen LogP contribution in [0.3, 0.4) is 0 Å². The van der Waals surface area contributed by atoms with Crippen LogP contribution >= 0.6 is 0 Å². The number of benzene rings is 2. The topological polar surface area (TPSA) is 47.6 Å². The maximum Gasteiger partial charge on any atom is 0.0791 e. The molecule has 0 saturated carbocycles. The largest absolute Gasteiger partial charge is 0.198 e. The standard InChI is InChI=1S/C17H14N2/c18-12-11-16(14-7-3-1-4-8-14)17(13-19)15-9-5-2-6-10-15/h1-10,16-17H,11H2/t16-,17+/m0/s1. The molecule has 0 aromatic heterocycles. The second-order valence-corrected chi connectivity index (χ2v) is 4.40. The van der Waals surface area contributed by atoms with Gasteiger partial charge in [0.05, 0.1) is 18.1 Å². The van der Waals surface area contributed by atoms with Gasteiger partial charge in [-0.3, -0.25) is 0 Å². The Morgan fingerprint density at radius 3 is 1.79 bits per heavy atom. The zero-order chi connectivity index (χ0) is 13.5. The van der Waals surface area contributed by atoms with Gasteiger partial charge in [-0.1, -0.05) is 60.7 Å². The molecular weight excluding hydrogens is 232 g/mol. The molecule has 0 aliphatic carbocycles. The van der Waals surface area contributed by atoms with Crippen LogP contribution in [0.25, 0.3) is 0 Å². The summed E-state index contributed by atoms with van der Waals surface area (Å²) < 4.78 is 0. The number of hydrogen-bond acceptors (Lipinski definition) is 2. The van der Waals surface area contributed by atoms with Gasteiger partial charge in [0.1, 0.15) is 0 Å². The van der Waals surface area contributed by atoms with E-state index in [0.29, 0.717) is 6.42 Å². The van der Waals surface area contributed by atoms with Crippen LogP contribution in [-0.4, -0.2) is 0 Å². The Bertz CT molecular complexity index is 591. The van der Waals surface area contributed by atoms with Gasteiger partial charge in [0.2, 0.25) is 0 Å². The van der Waals surface area contributed by atoms with Gasteiger partial charge in [-0.05, 0) is 11.1 Å². The molecule has 0 amide bonds. The third-order valence-corrected chi connectivity index (χ3v) is 3.24. The molecular formula is C17H14N2. The minimum Gasteiger partial charge on any atom is -0.198 e. The average molecular weight is 246 g/mol. The number of nitrogens with zero attached hydrogens (tertiary/aromatic N) is 2. The van der Waals surface area contributed by atoms with Crippen LogP contribution in [0.1, 0.15) is 29.4 Å². The first-order chi connectivity index (χ1) is 9.36. The van der Waals surface area contributed by atoms with Gasteiger partial charge in [0, 0.05) is 12.3 Å². The normalized spacial score (nSPS) is 12.9. The van der Waals surface area contributed by atoms with E-state index >= 15 is 0 Å². The molecule has 2 rings (SSSR count). The summed E-state index contributed by atoms with van der Waals surface area (Å²) in [6.45, 7) is 0. The highest BCUT2D eigenvalue weighted by Crippen LogP contribution is 2.34. The van der Waals surface area contributed by atoms with Gasteiger partial charge in [0.15, 0.2) is 0 Å². The quantitative estimate of drug-likeness (QED) is 0.818. The number of rotatable bonds is 4. The number of hydrogen-bond donors (Lipinski definition) is 0. The molecule has 0 fully saturated rings. The van der Waals surface area contributed by atoms with E-state index < -0.39 is 0 Å². The van der Waals surface area contributed by atoms with Crippen LogP contribution in [0.2, 0.25) is 0 Å².